The maximum atomic E-state index is 12.2. The van der Waals surface area contributed by atoms with E-state index in [9.17, 15) is 8.42 Å². The lowest BCUT2D eigenvalue weighted by Crippen LogP contribution is -2.25. The Morgan fingerprint density at radius 1 is 1.42 bits per heavy atom. The number of thiol groups is 1. The van der Waals surface area contributed by atoms with Crippen molar-refractivity contribution in [2.75, 3.05) is 0 Å². The van der Waals surface area contributed by atoms with Gasteiger partial charge in [-0.2, -0.15) is 8.42 Å². The van der Waals surface area contributed by atoms with E-state index in [0.717, 1.165) is 12.8 Å². The van der Waals surface area contributed by atoms with E-state index in [1.54, 1.807) is 30.3 Å². The van der Waals surface area contributed by atoms with Crippen LogP contribution in [-0.4, -0.2) is 13.7 Å². The van der Waals surface area contributed by atoms with Gasteiger partial charge < -0.3 is 4.18 Å². The summed E-state index contributed by atoms with van der Waals surface area (Å²) in [5, 5.41) is -0.544. The van der Waals surface area contributed by atoms with Crippen molar-refractivity contribution < 1.29 is 12.6 Å². The Morgan fingerprint density at radius 2 is 2.11 bits per heavy atom. The minimum atomic E-state index is -3.65. The molecule has 0 aliphatic rings. The van der Waals surface area contributed by atoms with Gasteiger partial charge in [0.2, 0.25) is 0 Å². The van der Waals surface area contributed by atoms with Gasteiger partial charge in [-0.25, -0.2) is 0 Å². The van der Waals surface area contributed by atoms with Crippen LogP contribution in [0.5, 0.6) is 5.75 Å². The number of hydrogen-bond acceptors (Lipinski definition) is 4. The molecule has 0 heterocycles. The third kappa shape index (κ3) is 4.91. The molecule has 0 amide bonds. The molecule has 0 N–H and O–H groups in total. The molecule has 1 rings (SSSR count). The standard InChI is InChI=1S/C14H20O3S2/c1-3-5-9-12(8-4-2)19(15,16)17-13-10-6-7-11-14(13)18/h4,6-7,10-12,18H,2-3,5,8-9H2,1H3. The molecule has 19 heavy (non-hydrogen) atoms. The molecule has 0 aromatic heterocycles. The number of rotatable bonds is 8. The number of unbranched alkanes of at least 4 members (excludes halogenated alkanes) is 1. The van der Waals surface area contributed by atoms with Gasteiger partial charge in [-0.15, -0.1) is 19.2 Å². The molecule has 1 aromatic rings. The van der Waals surface area contributed by atoms with Crippen LogP contribution in [0.2, 0.25) is 0 Å². The number of benzene rings is 1. The lowest BCUT2D eigenvalue weighted by molar-refractivity contribution is 0.458. The average Bonchev–Trinajstić information content (AvgIpc) is 2.37. The second-order valence-electron chi connectivity index (χ2n) is 4.33. The van der Waals surface area contributed by atoms with E-state index in [-0.39, 0.29) is 5.75 Å². The van der Waals surface area contributed by atoms with E-state index in [0.29, 0.717) is 17.7 Å². The van der Waals surface area contributed by atoms with Crippen LogP contribution < -0.4 is 4.18 Å². The van der Waals surface area contributed by atoms with Crippen LogP contribution in [0.3, 0.4) is 0 Å². The Morgan fingerprint density at radius 3 is 2.68 bits per heavy atom. The fourth-order valence-electron chi connectivity index (χ4n) is 1.72. The fraction of sp³-hybridized carbons (Fsp3) is 0.429. The summed E-state index contributed by atoms with van der Waals surface area (Å²) < 4.78 is 29.7. The van der Waals surface area contributed by atoms with Gasteiger partial charge in [-0.1, -0.05) is 38.0 Å². The molecular weight excluding hydrogens is 280 g/mol. The van der Waals surface area contributed by atoms with Gasteiger partial charge in [0.15, 0.2) is 5.75 Å². The summed E-state index contributed by atoms with van der Waals surface area (Å²) in [4.78, 5) is 0.513. The van der Waals surface area contributed by atoms with Crippen molar-refractivity contribution in [2.45, 2.75) is 42.8 Å². The van der Waals surface area contributed by atoms with Crippen molar-refractivity contribution >= 4 is 22.7 Å². The van der Waals surface area contributed by atoms with Gasteiger partial charge in [-0.3, -0.25) is 0 Å². The summed E-state index contributed by atoms with van der Waals surface area (Å²) in [7, 11) is -3.65. The highest BCUT2D eigenvalue weighted by molar-refractivity contribution is 7.87. The van der Waals surface area contributed by atoms with Crippen molar-refractivity contribution in [3.63, 3.8) is 0 Å². The Bertz CT molecular complexity index is 509. The number of allylic oxidation sites excluding steroid dienone is 1. The molecule has 0 aliphatic carbocycles. The second kappa shape index (κ2) is 7.60. The van der Waals surface area contributed by atoms with E-state index >= 15 is 0 Å². The Hall–Kier alpha value is -0.940. The molecule has 0 saturated carbocycles. The molecule has 106 valence electrons. The van der Waals surface area contributed by atoms with Crippen molar-refractivity contribution in [1.82, 2.24) is 0 Å². The van der Waals surface area contributed by atoms with Crippen LogP contribution in [0.15, 0.2) is 41.8 Å². The zero-order valence-corrected chi connectivity index (χ0v) is 12.8. The first kappa shape index (κ1) is 16.1. The molecule has 0 fully saturated rings. The maximum Gasteiger partial charge on any atom is 0.312 e. The van der Waals surface area contributed by atoms with Crippen LogP contribution >= 0.6 is 12.6 Å². The van der Waals surface area contributed by atoms with Gasteiger partial charge >= 0.3 is 10.1 Å². The van der Waals surface area contributed by atoms with Crippen LogP contribution in [0.4, 0.5) is 0 Å². The van der Waals surface area contributed by atoms with Crippen LogP contribution in [0, 0.1) is 0 Å². The third-order valence-corrected chi connectivity index (χ3v) is 4.81. The monoisotopic (exact) mass is 300 g/mol. The first-order valence-electron chi connectivity index (χ1n) is 6.33. The SMILES string of the molecule is C=CCC(CCCC)S(=O)(=O)Oc1ccccc1S. The molecule has 0 bridgehead atoms. The second-order valence-corrected chi connectivity index (χ2v) is 6.63. The van der Waals surface area contributed by atoms with Gasteiger partial charge in [-0.05, 0) is 25.0 Å². The third-order valence-electron chi connectivity index (χ3n) is 2.79. The Kier molecular flexibility index (Phi) is 6.45. The van der Waals surface area contributed by atoms with Gasteiger partial charge in [0.1, 0.15) is 5.25 Å². The Balaban J connectivity index is 2.88. The van der Waals surface area contributed by atoms with Gasteiger partial charge in [0.25, 0.3) is 0 Å². The Labute approximate surface area is 121 Å². The lowest BCUT2D eigenvalue weighted by atomic mass is 10.1. The molecule has 0 aliphatic heterocycles. The topological polar surface area (TPSA) is 43.4 Å². The van der Waals surface area contributed by atoms with E-state index in [4.69, 9.17) is 4.18 Å². The van der Waals surface area contributed by atoms with Gasteiger partial charge in [0, 0.05) is 4.90 Å². The molecule has 1 aromatic carbocycles. The molecular formula is C14H20O3S2. The normalized spacial score (nSPS) is 12.9. The van der Waals surface area contributed by atoms with E-state index in [1.807, 2.05) is 6.92 Å². The summed E-state index contributed by atoms with van der Waals surface area (Å²) in [6.45, 7) is 5.64. The zero-order valence-electron chi connectivity index (χ0n) is 11.1. The summed E-state index contributed by atoms with van der Waals surface area (Å²) in [6.07, 6.45) is 4.40. The highest BCUT2D eigenvalue weighted by Gasteiger charge is 2.26. The molecule has 0 spiro atoms. The van der Waals surface area contributed by atoms with Crippen molar-refractivity contribution in [3.05, 3.63) is 36.9 Å². The van der Waals surface area contributed by atoms with Gasteiger partial charge in [0.05, 0.1) is 0 Å². The van der Waals surface area contributed by atoms with Crippen LogP contribution in [0.1, 0.15) is 32.6 Å². The molecule has 5 heteroatoms. The molecule has 3 nitrogen and oxygen atoms in total. The minimum absolute atomic E-state index is 0.274. The average molecular weight is 300 g/mol. The summed E-state index contributed by atoms with van der Waals surface area (Å²) in [6, 6.07) is 6.80. The van der Waals surface area contributed by atoms with E-state index in [1.165, 1.54) is 0 Å². The molecule has 1 unspecified atom stereocenters. The van der Waals surface area contributed by atoms with Crippen LogP contribution in [-0.2, 0) is 10.1 Å². The summed E-state index contributed by atoms with van der Waals surface area (Å²) in [5.41, 5.74) is 0. The number of hydrogen-bond donors (Lipinski definition) is 1. The maximum absolute atomic E-state index is 12.2. The molecule has 1 atom stereocenters. The highest BCUT2D eigenvalue weighted by atomic mass is 32.2. The minimum Gasteiger partial charge on any atom is -0.381 e. The largest absolute Gasteiger partial charge is 0.381 e. The van der Waals surface area contributed by atoms with Crippen molar-refractivity contribution in [2.24, 2.45) is 0 Å². The first-order valence-corrected chi connectivity index (χ1v) is 8.25. The van der Waals surface area contributed by atoms with E-state index in [2.05, 4.69) is 19.2 Å². The van der Waals surface area contributed by atoms with Crippen LogP contribution in [0.25, 0.3) is 0 Å². The predicted octanol–water partition coefficient (Wildman–Crippen LogP) is 3.82. The smallest absolute Gasteiger partial charge is 0.312 e. The highest BCUT2D eigenvalue weighted by Crippen LogP contribution is 2.26. The first-order chi connectivity index (χ1) is 9.01. The lowest BCUT2D eigenvalue weighted by Gasteiger charge is -2.16. The zero-order chi connectivity index (χ0) is 14.3. The van der Waals surface area contributed by atoms with Crippen molar-refractivity contribution in [3.8, 4) is 5.75 Å². The predicted molar refractivity (Wildman–Crippen MR) is 81.4 cm³/mol. The van der Waals surface area contributed by atoms with Crippen molar-refractivity contribution in [1.29, 1.82) is 0 Å². The summed E-state index contributed by atoms with van der Waals surface area (Å²) >= 11 is 4.19. The fourth-order valence-corrected chi connectivity index (χ4v) is 3.35. The quantitative estimate of drug-likeness (QED) is 0.451. The summed E-state index contributed by atoms with van der Waals surface area (Å²) in [5.74, 6) is 0.274. The number of para-hydroxylation sites is 1. The molecule has 0 saturated heterocycles. The molecule has 0 radical (unpaired) electrons. The van der Waals surface area contributed by atoms with E-state index < -0.39 is 15.4 Å².